The Hall–Kier alpha value is -1.11. The van der Waals surface area contributed by atoms with Gasteiger partial charge in [-0.2, -0.15) is 0 Å². The Kier molecular flexibility index (Phi) is 4.21. The van der Waals surface area contributed by atoms with E-state index in [0.29, 0.717) is 17.5 Å². The predicted octanol–water partition coefficient (Wildman–Crippen LogP) is 0.759. The van der Waals surface area contributed by atoms with E-state index in [2.05, 4.69) is 15.4 Å². The Balaban J connectivity index is 2.05. The first-order chi connectivity index (χ1) is 8.62. The van der Waals surface area contributed by atoms with Crippen molar-refractivity contribution in [1.29, 1.82) is 0 Å². The van der Waals surface area contributed by atoms with Crippen molar-refractivity contribution in [3.8, 4) is 0 Å². The van der Waals surface area contributed by atoms with Gasteiger partial charge in [-0.3, -0.25) is 0 Å². The summed E-state index contributed by atoms with van der Waals surface area (Å²) in [5.74, 6) is 0. The van der Waals surface area contributed by atoms with Crippen LogP contribution in [0.3, 0.4) is 0 Å². The summed E-state index contributed by atoms with van der Waals surface area (Å²) >= 11 is 0. The summed E-state index contributed by atoms with van der Waals surface area (Å²) in [7, 11) is -3.34. The molecule has 100 valence electrons. The molecule has 1 fully saturated rings. The Morgan fingerprint density at radius 1 is 1.33 bits per heavy atom. The third kappa shape index (κ3) is 3.22. The monoisotopic (exact) mass is 269 g/mol. The van der Waals surface area contributed by atoms with Crippen molar-refractivity contribution in [1.82, 2.24) is 10.0 Å². The number of benzene rings is 1. The van der Waals surface area contributed by atoms with E-state index in [-0.39, 0.29) is 0 Å². The SMILES string of the molecule is CCNS(=O)(=O)c1ccc(NC2CCNC2)cc1. The molecule has 2 rings (SSSR count). The Morgan fingerprint density at radius 2 is 2.06 bits per heavy atom. The highest BCUT2D eigenvalue weighted by molar-refractivity contribution is 7.89. The van der Waals surface area contributed by atoms with Gasteiger partial charge in [-0.25, -0.2) is 13.1 Å². The second kappa shape index (κ2) is 5.69. The molecular weight excluding hydrogens is 250 g/mol. The largest absolute Gasteiger partial charge is 0.381 e. The van der Waals surface area contributed by atoms with Crippen LogP contribution in [0.1, 0.15) is 13.3 Å². The van der Waals surface area contributed by atoms with Gasteiger partial charge in [0.1, 0.15) is 0 Å². The first-order valence-corrected chi connectivity index (χ1v) is 7.67. The third-order valence-corrected chi connectivity index (χ3v) is 4.49. The molecule has 1 unspecified atom stereocenters. The molecule has 1 aliphatic heterocycles. The van der Waals surface area contributed by atoms with E-state index in [1.807, 2.05) is 12.1 Å². The van der Waals surface area contributed by atoms with Crippen molar-refractivity contribution in [2.24, 2.45) is 0 Å². The average Bonchev–Trinajstić information content (AvgIpc) is 2.82. The first kappa shape index (κ1) is 13.3. The van der Waals surface area contributed by atoms with Crippen molar-refractivity contribution >= 4 is 15.7 Å². The molecule has 0 amide bonds. The van der Waals surface area contributed by atoms with Crippen LogP contribution in [-0.4, -0.2) is 34.1 Å². The van der Waals surface area contributed by atoms with Crippen molar-refractivity contribution in [3.63, 3.8) is 0 Å². The van der Waals surface area contributed by atoms with Gasteiger partial charge in [0, 0.05) is 24.8 Å². The zero-order valence-corrected chi connectivity index (χ0v) is 11.3. The van der Waals surface area contributed by atoms with Gasteiger partial charge in [-0.15, -0.1) is 0 Å². The van der Waals surface area contributed by atoms with Gasteiger partial charge < -0.3 is 10.6 Å². The van der Waals surface area contributed by atoms with Crippen molar-refractivity contribution < 1.29 is 8.42 Å². The number of hydrogen-bond donors (Lipinski definition) is 3. The first-order valence-electron chi connectivity index (χ1n) is 6.19. The molecule has 0 radical (unpaired) electrons. The maximum atomic E-state index is 11.7. The maximum absolute atomic E-state index is 11.7. The fourth-order valence-corrected chi connectivity index (χ4v) is 3.06. The number of sulfonamides is 1. The molecule has 1 saturated heterocycles. The molecule has 1 aromatic rings. The van der Waals surface area contributed by atoms with Crippen molar-refractivity contribution in [3.05, 3.63) is 24.3 Å². The van der Waals surface area contributed by atoms with Crippen LogP contribution in [0.4, 0.5) is 5.69 Å². The lowest BCUT2D eigenvalue weighted by Gasteiger charge is -2.13. The molecular formula is C12H19N3O2S. The standard InChI is InChI=1S/C12H19N3O2S/c1-2-14-18(16,17)12-5-3-10(4-6-12)15-11-7-8-13-9-11/h3-6,11,13-15H,2,7-9H2,1H3. The Labute approximate surface area is 108 Å². The van der Waals surface area contributed by atoms with Gasteiger partial charge in [-0.05, 0) is 37.2 Å². The molecule has 1 aliphatic rings. The van der Waals surface area contributed by atoms with Gasteiger partial charge in [0.05, 0.1) is 4.90 Å². The smallest absolute Gasteiger partial charge is 0.240 e. The number of rotatable bonds is 5. The van der Waals surface area contributed by atoms with Gasteiger partial charge in [0.2, 0.25) is 10.0 Å². The molecule has 0 aliphatic carbocycles. The van der Waals surface area contributed by atoms with Crippen LogP contribution in [0.15, 0.2) is 29.2 Å². The fraction of sp³-hybridized carbons (Fsp3) is 0.500. The van der Waals surface area contributed by atoms with Gasteiger partial charge in [0.25, 0.3) is 0 Å². The van der Waals surface area contributed by atoms with E-state index in [1.54, 1.807) is 19.1 Å². The van der Waals surface area contributed by atoms with E-state index in [0.717, 1.165) is 25.2 Å². The summed E-state index contributed by atoms with van der Waals surface area (Å²) in [6.07, 6.45) is 1.09. The second-order valence-electron chi connectivity index (χ2n) is 4.36. The van der Waals surface area contributed by atoms with Gasteiger partial charge in [0.15, 0.2) is 0 Å². The summed E-state index contributed by atoms with van der Waals surface area (Å²) in [5, 5.41) is 6.65. The lowest BCUT2D eigenvalue weighted by molar-refractivity contribution is 0.584. The molecule has 0 aromatic heterocycles. The van der Waals surface area contributed by atoms with Crippen molar-refractivity contribution in [2.75, 3.05) is 25.0 Å². The van der Waals surface area contributed by atoms with E-state index in [9.17, 15) is 8.42 Å². The minimum absolute atomic E-state index is 0.305. The quantitative estimate of drug-likeness (QED) is 0.738. The summed E-state index contributed by atoms with van der Waals surface area (Å²) in [6, 6.07) is 7.30. The maximum Gasteiger partial charge on any atom is 0.240 e. The third-order valence-electron chi connectivity index (χ3n) is 2.93. The van der Waals surface area contributed by atoms with E-state index in [4.69, 9.17) is 0 Å². The summed E-state index contributed by atoms with van der Waals surface area (Å²) < 4.78 is 26.0. The second-order valence-corrected chi connectivity index (χ2v) is 6.13. The highest BCUT2D eigenvalue weighted by Gasteiger charge is 2.15. The lowest BCUT2D eigenvalue weighted by atomic mass is 10.2. The van der Waals surface area contributed by atoms with Crippen LogP contribution < -0.4 is 15.4 Å². The molecule has 0 saturated carbocycles. The summed E-state index contributed by atoms with van der Waals surface area (Å²) in [6.45, 7) is 4.15. The average molecular weight is 269 g/mol. The van der Waals surface area contributed by atoms with Crippen LogP contribution in [-0.2, 0) is 10.0 Å². The zero-order chi connectivity index (χ0) is 13.0. The number of anilines is 1. The van der Waals surface area contributed by atoms with E-state index < -0.39 is 10.0 Å². The summed E-state index contributed by atoms with van der Waals surface area (Å²) in [4.78, 5) is 0.305. The van der Waals surface area contributed by atoms with E-state index in [1.165, 1.54) is 0 Å². The number of hydrogen-bond acceptors (Lipinski definition) is 4. The Bertz CT molecular complexity index is 479. The lowest BCUT2D eigenvalue weighted by Crippen LogP contribution is -2.23. The molecule has 0 spiro atoms. The van der Waals surface area contributed by atoms with Crippen LogP contribution in [0.25, 0.3) is 0 Å². The van der Waals surface area contributed by atoms with Gasteiger partial charge in [-0.1, -0.05) is 6.92 Å². The molecule has 1 aromatic carbocycles. The molecule has 3 N–H and O–H groups in total. The zero-order valence-electron chi connectivity index (χ0n) is 10.4. The van der Waals surface area contributed by atoms with Gasteiger partial charge >= 0.3 is 0 Å². The predicted molar refractivity (Wildman–Crippen MR) is 72.2 cm³/mol. The fourth-order valence-electron chi connectivity index (χ4n) is 2.02. The van der Waals surface area contributed by atoms with Crippen LogP contribution in [0.5, 0.6) is 0 Å². The minimum atomic E-state index is -3.34. The summed E-state index contributed by atoms with van der Waals surface area (Å²) in [5.41, 5.74) is 0.958. The Morgan fingerprint density at radius 3 is 2.61 bits per heavy atom. The number of nitrogens with one attached hydrogen (secondary N) is 3. The minimum Gasteiger partial charge on any atom is -0.381 e. The normalized spacial score (nSPS) is 19.9. The molecule has 6 heteroatoms. The topological polar surface area (TPSA) is 70.2 Å². The van der Waals surface area contributed by atoms with Crippen molar-refractivity contribution in [2.45, 2.75) is 24.3 Å². The molecule has 1 atom stereocenters. The van der Waals surface area contributed by atoms with Crippen LogP contribution in [0.2, 0.25) is 0 Å². The molecule has 18 heavy (non-hydrogen) atoms. The van der Waals surface area contributed by atoms with Crippen LogP contribution in [0, 0.1) is 0 Å². The molecule has 5 nitrogen and oxygen atoms in total. The highest BCUT2D eigenvalue weighted by Crippen LogP contribution is 2.16. The van der Waals surface area contributed by atoms with E-state index >= 15 is 0 Å². The highest BCUT2D eigenvalue weighted by atomic mass is 32.2. The molecule has 0 bridgehead atoms. The molecule has 1 heterocycles. The van der Waals surface area contributed by atoms with Crippen LogP contribution >= 0.6 is 0 Å².